The molecule has 0 aromatic carbocycles. The number of halogens is 1. The first-order valence-electron chi connectivity index (χ1n) is 11.5. The highest BCUT2D eigenvalue weighted by Gasteiger charge is 2.25. The van der Waals surface area contributed by atoms with Crippen molar-refractivity contribution < 1.29 is 8.42 Å². The van der Waals surface area contributed by atoms with Crippen molar-refractivity contribution in [3.8, 4) is 0 Å². The number of rotatable bonds is 8. The topological polar surface area (TPSA) is 77.0 Å². The molecule has 1 unspecified atom stereocenters. The molecule has 7 nitrogen and oxygen atoms in total. The number of hydrogen-bond acceptors (Lipinski definition) is 4. The van der Waals surface area contributed by atoms with Crippen molar-refractivity contribution in [2.75, 3.05) is 52.1 Å². The molecule has 0 saturated carbocycles. The van der Waals surface area contributed by atoms with Gasteiger partial charge < -0.3 is 10.6 Å². The first-order chi connectivity index (χ1) is 13.8. The lowest BCUT2D eigenvalue weighted by molar-refractivity contribution is 0.166. The van der Waals surface area contributed by atoms with E-state index in [2.05, 4.69) is 36.3 Å². The highest BCUT2D eigenvalue weighted by Crippen LogP contribution is 2.19. The molecule has 2 rings (SSSR count). The Morgan fingerprint density at radius 3 is 2.13 bits per heavy atom. The van der Waals surface area contributed by atoms with Crippen LogP contribution in [0.4, 0.5) is 0 Å². The molecule has 0 amide bonds. The molecule has 2 N–H and O–H groups in total. The van der Waals surface area contributed by atoms with E-state index in [1.165, 1.54) is 45.0 Å². The van der Waals surface area contributed by atoms with Gasteiger partial charge in [-0.15, -0.1) is 24.0 Å². The fourth-order valence-electron chi connectivity index (χ4n) is 4.39. The van der Waals surface area contributed by atoms with Gasteiger partial charge in [0.05, 0.1) is 12.8 Å². The average molecular weight is 558 g/mol. The zero-order valence-electron chi connectivity index (χ0n) is 19.4. The molecule has 0 spiro atoms. The predicted octanol–water partition coefficient (Wildman–Crippen LogP) is 2.73. The monoisotopic (exact) mass is 557 g/mol. The van der Waals surface area contributed by atoms with Gasteiger partial charge in [-0.3, -0.25) is 9.89 Å². The Morgan fingerprint density at radius 2 is 1.63 bits per heavy atom. The van der Waals surface area contributed by atoms with Crippen molar-refractivity contribution >= 4 is 40.0 Å². The minimum atomic E-state index is -3.06. The van der Waals surface area contributed by atoms with Gasteiger partial charge in [0.1, 0.15) is 0 Å². The Labute approximate surface area is 201 Å². The third kappa shape index (κ3) is 9.56. The van der Waals surface area contributed by atoms with E-state index >= 15 is 0 Å². The highest BCUT2D eigenvalue weighted by molar-refractivity contribution is 14.0. The minimum absolute atomic E-state index is 0. The molecule has 30 heavy (non-hydrogen) atoms. The summed E-state index contributed by atoms with van der Waals surface area (Å²) in [4.78, 5) is 7.57. The molecular formula is C21H44IN5O2S. The Bertz CT molecular complexity index is 599. The Hall–Kier alpha value is -0.130. The molecule has 2 heterocycles. The molecule has 0 radical (unpaired) electrons. The fourth-order valence-corrected chi connectivity index (χ4v) is 5.26. The second-order valence-corrected chi connectivity index (χ2v) is 10.9. The van der Waals surface area contributed by atoms with Crippen LogP contribution in [0.15, 0.2) is 4.99 Å². The maximum atomic E-state index is 11.7. The third-order valence-electron chi connectivity index (χ3n) is 6.26. The predicted molar refractivity (Wildman–Crippen MR) is 137 cm³/mol. The van der Waals surface area contributed by atoms with Gasteiger partial charge in [-0.25, -0.2) is 12.7 Å². The number of sulfonamides is 1. The molecule has 2 aliphatic heterocycles. The molecule has 9 heteroatoms. The largest absolute Gasteiger partial charge is 0.357 e. The number of aliphatic imine (C=N–C) groups is 1. The second-order valence-electron chi connectivity index (χ2n) is 8.97. The van der Waals surface area contributed by atoms with Crippen LogP contribution in [0.25, 0.3) is 0 Å². The maximum Gasteiger partial charge on any atom is 0.211 e. The van der Waals surface area contributed by atoms with Crippen LogP contribution in [0.5, 0.6) is 0 Å². The van der Waals surface area contributed by atoms with Crippen molar-refractivity contribution in [3.05, 3.63) is 0 Å². The van der Waals surface area contributed by atoms with Crippen molar-refractivity contribution in [2.24, 2.45) is 16.8 Å². The van der Waals surface area contributed by atoms with Crippen molar-refractivity contribution in [3.63, 3.8) is 0 Å². The lowest BCUT2D eigenvalue weighted by Crippen LogP contribution is -2.45. The van der Waals surface area contributed by atoms with E-state index in [0.717, 1.165) is 38.4 Å². The zero-order chi connectivity index (χ0) is 21.3. The van der Waals surface area contributed by atoms with E-state index in [1.54, 1.807) is 4.31 Å². The van der Waals surface area contributed by atoms with E-state index in [9.17, 15) is 8.42 Å². The molecule has 0 aromatic rings. The number of likely N-dealkylation sites (tertiary alicyclic amines) is 1. The van der Waals surface area contributed by atoms with Crippen LogP contribution >= 0.6 is 24.0 Å². The molecule has 2 saturated heterocycles. The van der Waals surface area contributed by atoms with Crippen molar-refractivity contribution in [2.45, 2.75) is 65.3 Å². The molecule has 178 valence electrons. The first-order valence-corrected chi connectivity index (χ1v) is 13.4. The number of hydrogen-bond donors (Lipinski definition) is 2. The van der Waals surface area contributed by atoms with Gasteiger partial charge in [0.2, 0.25) is 10.0 Å². The van der Waals surface area contributed by atoms with Gasteiger partial charge in [0.15, 0.2) is 5.96 Å². The third-order valence-corrected chi connectivity index (χ3v) is 7.56. The Balaban J connectivity index is 0.00000450. The molecule has 0 bridgehead atoms. The summed E-state index contributed by atoms with van der Waals surface area (Å²) in [5.41, 5.74) is 0. The zero-order valence-corrected chi connectivity index (χ0v) is 22.5. The maximum absolute atomic E-state index is 11.7. The quantitative estimate of drug-likeness (QED) is 0.273. The number of guanidine groups is 1. The van der Waals surface area contributed by atoms with Crippen LogP contribution in [-0.4, -0.2) is 81.7 Å². The summed E-state index contributed by atoms with van der Waals surface area (Å²) < 4.78 is 24.9. The van der Waals surface area contributed by atoms with Crippen LogP contribution in [-0.2, 0) is 10.0 Å². The number of nitrogens with one attached hydrogen (secondary N) is 2. The van der Waals surface area contributed by atoms with E-state index in [0.29, 0.717) is 31.0 Å². The molecule has 1 atom stereocenters. The van der Waals surface area contributed by atoms with Gasteiger partial charge in [-0.2, -0.15) is 0 Å². The van der Waals surface area contributed by atoms with Crippen molar-refractivity contribution in [1.82, 2.24) is 19.8 Å². The van der Waals surface area contributed by atoms with E-state index < -0.39 is 10.0 Å². The molecule has 0 aromatic heterocycles. The Morgan fingerprint density at radius 1 is 1.03 bits per heavy atom. The number of piperidine rings is 1. The summed E-state index contributed by atoms with van der Waals surface area (Å²) in [7, 11) is -3.06. The molecule has 2 fully saturated rings. The molecular weight excluding hydrogens is 513 g/mol. The van der Waals surface area contributed by atoms with Crippen LogP contribution in [0.2, 0.25) is 0 Å². The lowest BCUT2D eigenvalue weighted by atomic mass is 9.98. The molecule has 0 aliphatic carbocycles. The average Bonchev–Trinajstić information content (AvgIpc) is 2.95. The smallest absolute Gasteiger partial charge is 0.211 e. The minimum Gasteiger partial charge on any atom is -0.357 e. The summed E-state index contributed by atoms with van der Waals surface area (Å²) in [6, 6.07) is 0.488. The SMILES string of the molecule is CCNC(=NCC(C(C)C)N1CCCCCC1)NCC1CCN(S(C)(=O)=O)CC1.I. The van der Waals surface area contributed by atoms with Gasteiger partial charge in [0, 0.05) is 32.2 Å². The summed E-state index contributed by atoms with van der Waals surface area (Å²) in [5, 5.41) is 6.88. The second kappa shape index (κ2) is 14.1. The van der Waals surface area contributed by atoms with Gasteiger partial charge in [-0.05, 0) is 57.5 Å². The van der Waals surface area contributed by atoms with E-state index in [-0.39, 0.29) is 24.0 Å². The van der Waals surface area contributed by atoms with Gasteiger partial charge in [-0.1, -0.05) is 26.7 Å². The summed E-state index contributed by atoms with van der Waals surface area (Å²) in [5.74, 6) is 1.96. The summed E-state index contributed by atoms with van der Waals surface area (Å²) >= 11 is 0. The van der Waals surface area contributed by atoms with Crippen LogP contribution < -0.4 is 10.6 Å². The van der Waals surface area contributed by atoms with Crippen LogP contribution in [0.3, 0.4) is 0 Å². The van der Waals surface area contributed by atoms with Gasteiger partial charge in [0.25, 0.3) is 0 Å². The van der Waals surface area contributed by atoms with E-state index in [1.807, 2.05) is 0 Å². The fraction of sp³-hybridized carbons (Fsp3) is 0.952. The van der Waals surface area contributed by atoms with Crippen LogP contribution in [0, 0.1) is 11.8 Å². The number of nitrogens with zero attached hydrogens (tertiary/aromatic N) is 3. The molecule has 2 aliphatic rings. The summed E-state index contributed by atoms with van der Waals surface area (Å²) in [6.07, 6.45) is 8.43. The first kappa shape index (κ1) is 27.9. The Kier molecular flexibility index (Phi) is 13.1. The van der Waals surface area contributed by atoms with Crippen LogP contribution in [0.1, 0.15) is 59.3 Å². The summed E-state index contributed by atoms with van der Waals surface area (Å²) in [6.45, 7) is 12.9. The lowest BCUT2D eigenvalue weighted by Gasteiger charge is -2.33. The van der Waals surface area contributed by atoms with E-state index in [4.69, 9.17) is 4.99 Å². The standard InChI is InChI=1S/C21H43N5O2S.HI/c1-5-22-21(23-16-19-10-14-26(15-11-19)29(4,27)28)24-17-20(18(2)3)25-12-8-6-7-9-13-25;/h18-20H,5-17H2,1-4H3,(H2,22,23,24);1H. The normalized spacial score (nSPS) is 21.7. The van der Waals surface area contributed by atoms with Gasteiger partial charge >= 0.3 is 0 Å². The highest BCUT2D eigenvalue weighted by atomic mass is 127. The van der Waals surface area contributed by atoms with Crippen molar-refractivity contribution in [1.29, 1.82) is 0 Å².